The lowest BCUT2D eigenvalue weighted by Gasteiger charge is -2.33. The molecule has 0 saturated carbocycles. The van der Waals surface area contributed by atoms with Crippen LogP contribution >= 0.6 is 0 Å². The fourth-order valence-electron chi connectivity index (χ4n) is 2.28. The van der Waals surface area contributed by atoms with Crippen molar-refractivity contribution in [1.82, 2.24) is 4.72 Å². The predicted molar refractivity (Wildman–Crippen MR) is 86.1 cm³/mol. The Morgan fingerprint density at radius 1 is 0.968 bits per heavy atom. The van der Waals surface area contributed by atoms with Crippen LogP contribution in [0.25, 0.3) is 0 Å². The molecule has 0 aromatic carbocycles. The molecule has 0 fully saturated rings. The number of rotatable bonds is 10. The van der Waals surface area contributed by atoms with Crippen molar-refractivity contribution >= 4 is 16.1 Å². The molecule has 1 atom stereocenters. The summed E-state index contributed by atoms with van der Waals surface area (Å²) < 4.78 is 152. The lowest BCUT2D eigenvalue weighted by atomic mass is 9.88. The first-order valence-corrected chi connectivity index (χ1v) is 10.0. The van der Waals surface area contributed by atoms with Gasteiger partial charge in [-0.3, -0.25) is 0 Å². The van der Waals surface area contributed by atoms with Crippen molar-refractivity contribution in [3.05, 3.63) is 0 Å². The number of hydrogen-bond acceptors (Lipinski definition) is 3. The smallest absolute Gasteiger partial charge is 0.435 e. The first kappa shape index (κ1) is 29.6. The van der Waals surface area contributed by atoms with Gasteiger partial charge in [0.25, 0.3) is 5.67 Å². The molecule has 2 N–H and O–H groups in total. The molecular weight excluding hydrogens is 482 g/mol. The molecule has 17 heteroatoms. The van der Waals surface area contributed by atoms with Gasteiger partial charge in [0, 0.05) is 19.4 Å². The second-order valence-corrected chi connectivity index (χ2v) is 9.21. The topological polar surface area (TPSA) is 83.5 Å². The first-order chi connectivity index (χ1) is 13.5. The van der Waals surface area contributed by atoms with Crippen LogP contribution in [0.15, 0.2) is 0 Å². The molecule has 0 bridgehead atoms. The SMILES string of the molecule is C[N+](C)(CCCNS(=O)(=O)CCC(CC(F)(C(F)(F)F)C(F)(F)F)C(F)(F)F)C(=O)O. The highest BCUT2D eigenvalue weighted by Gasteiger charge is 2.73. The summed E-state index contributed by atoms with van der Waals surface area (Å²) in [5, 5.41) is 8.87. The fraction of sp³-hybridized carbons (Fsp3) is 0.929. The van der Waals surface area contributed by atoms with Gasteiger partial charge in [0.2, 0.25) is 10.0 Å². The Bertz CT molecular complexity index is 702. The largest absolute Gasteiger partial charge is 0.513 e. The van der Waals surface area contributed by atoms with Gasteiger partial charge >= 0.3 is 24.6 Å². The van der Waals surface area contributed by atoms with Gasteiger partial charge < -0.3 is 5.11 Å². The van der Waals surface area contributed by atoms with Crippen molar-refractivity contribution in [2.24, 2.45) is 5.92 Å². The molecule has 31 heavy (non-hydrogen) atoms. The highest BCUT2D eigenvalue weighted by molar-refractivity contribution is 7.89. The molecule has 0 heterocycles. The minimum atomic E-state index is -6.71. The minimum absolute atomic E-state index is 0.100. The monoisotopic (exact) mass is 503 g/mol. The summed E-state index contributed by atoms with van der Waals surface area (Å²) in [6.45, 7) is -0.559. The van der Waals surface area contributed by atoms with Crippen molar-refractivity contribution in [1.29, 1.82) is 0 Å². The van der Waals surface area contributed by atoms with Crippen LogP contribution in [0.1, 0.15) is 19.3 Å². The summed E-state index contributed by atoms with van der Waals surface area (Å²) in [6, 6.07) is 0. The zero-order valence-corrected chi connectivity index (χ0v) is 16.9. The van der Waals surface area contributed by atoms with Gasteiger partial charge in [-0.05, 0) is 6.42 Å². The van der Waals surface area contributed by atoms with Gasteiger partial charge in [-0.15, -0.1) is 0 Å². The number of hydrogen-bond donors (Lipinski definition) is 2. The Hall–Kier alpha value is -1.36. The Kier molecular flexibility index (Phi) is 9.22. The van der Waals surface area contributed by atoms with Gasteiger partial charge in [0.15, 0.2) is 0 Å². The number of nitrogens with zero attached hydrogens (tertiary/aromatic N) is 1. The van der Waals surface area contributed by atoms with Gasteiger partial charge in [0.05, 0.1) is 32.3 Å². The van der Waals surface area contributed by atoms with Crippen molar-refractivity contribution in [2.75, 3.05) is 32.9 Å². The van der Waals surface area contributed by atoms with Crippen molar-refractivity contribution in [3.63, 3.8) is 0 Å². The van der Waals surface area contributed by atoms with E-state index in [4.69, 9.17) is 5.11 Å². The van der Waals surface area contributed by atoms with E-state index in [2.05, 4.69) is 0 Å². The molecule has 0 rings (SSSR count). The van der Waals surface area contributed by atoms with E-state index in [1.165, 1.54) is 14.1 Å². The molecule has 0 saturated heterocycles. The highest BCUT2D eigenvalue weighted by atomic mass is 32.2. The van der Waals surface area contributed by atoms with Gasteiger partial charge in [-0.2, -0.15) is 44.3 Å². The normalized spacial score (nSPS) is 15.7. The maximum Gasteiger partial charge on any atom is 0.513 e. The molecule has 0 spiro atoms. The van der Waals surface area contributed by atoms with Crippen molar-refractivity contribution in [2.45, 2.75) is 43.5 Å². The van der Waals surface area contributed by atoms with E-state index in [9.17, 15) is 57.1 Å². The summed E-state index contributed by atoms with van der Waals surface area (Å²) in [6.07, 6.45) is -25.4. The third kappa shape index (κ3) is 8.59. The van der Waals surface area contributed by atoms with Gasteiger partial charge in [0.1, 0.15) is 0 Å². The number of quaternary nitrogens is 1. The summed E-state index contributed by atoms with van der Waals surface area (Å²) in [5.74, 6) is -5.08. The van der Waals surface area contributed by atoms with E-state index in [1.54, 1.807) is 4.72 Å². The quantitative estimate of drug-likeness (QED) is 0.270. The zero-order chi connectivity index (χ0) is 25.1. The molecular formula is C14H21F10N2O4S+. The third-order valence-corrected chi connectivity index (χ3v) is 5.78. The van der Waals surface area contributed by atoms with Crippen LogP contribution in [0.4, 0.5) is 48.7 Å². The fourth-order valence-corrected chi connectivity index (χ4v) is 3.47. The highest BCUT2D eigenvalue weighted by Crippen LogP contribution is 2.52. The maximum atomic E-state index is 13.7. The number of carboxylic acid groups (broad SMARTS) is 1. The number of nitrogens with one attached hydrogen (secondary N) is 1. The van der Waals surface area contributed by atoms with E-state index in [1.807, 2.05) is 0 Å². The van der Waals surface area contributed by atoms with Crippen molar-refractivity contribution in [3.8, 4) is 0 Å². The number of alkyl halides is 10. The van der Waals surface area contributed by atoms with Crippen LogP contribution in [0.5, 0.6) is 0 Å². The Morgan fingerprint density at radius 2 is 1.42 bits per heavy atom. The van der Waals surface area contributed by atoms with Gasteiger partial charge in [-0.25, -0.2) is 22.0 Å². The van der Waals surface area contributed by atoms with Crippen LogP contribution < -0.4 is 4.72 Å². The second-order valence-electron chi connectivity index (χ2n) is 7.29. The standard InChI is InChI=1S/C14H20F10N2O4S/c1-26(2,10(27)28)6-3-5-25-31(29,30)7-4-9(12(16,17)18)8-11(15,13(19,20)21)14(22,23)24/h9,25H,3-8H2,1-2H3/p+1. The predicted octanol–water partition coefficient (Wildman–Crippen LogP) is 3.84. The zero-order valence-electron chi connectivity index (χ0n) is 16.1. The minimum Gasteiger partial charge on any atom is -0.435 e. The lowest BCUT2D eigenvalue weighted by molar-refractivity contribution is -0.816. The van der Waals surface area contributed by atoms with E-state index in [0.29, 0.717) is 0 Å². The Labute approximate surface area is 170 Å². The van der Waals surface area contributed by atoms with Crippen LogP contribution in [0, 0.1) is 5.92 Å². The number of halogens is 10. The summed E-state index contributed by atoms with van der Waals surface area (Å²) in [5.41, 5.74) is -6.18. The average Bonchev–Trinajstić information content (AvgIpc) is 2.52. The maximum absolute atomic E-state index is 13.7. The molecule has 0 aliphatic carbocycles. The van der Waals surface area contributed by atoms with E-state index >= 15 is 0 Å². The molecule has 0 aromatic heterocycles. The second kappa shape index (κ2) is 9.64. The molecule has 186 valence electrons. The molecule has 6 nitrogen and oxygen atoms in total. The molecule has 0 radical (unpaired) electrons. The molecule has 0 aliphatic rings. The van der Waals surface area contributed by atoms with Crippen LogP contribution in [0.2, 0.25) is 0 Å². The number of amides is 1. The van der Waals surface area contributed by atoms with Crippen LogP contribution in [0.3, 0.4) is 0 Å². The number of carbonyl (C=O) groups is 1. The first-order valence-electron chi connectivity index (χ1n) is 8.39. The summed E-state index contributed by atoms with van der Waals surface area (Å²) in [4.78, 5) is 10.9. The van der Waals surface area contributed by atoms with E-state index in [0.717, 1.165) is 0 Å². The number of sulfonamides is 1. The molecule has 0 aliphatic heterocycles. The Balaban J connectivity index is 5.23. The average molecular weight is 503 g/mol. The van der Waals surface area contributed by atoms with Gasteiger partial charge in [-0.1, -0.05) is 0 Å². The van der Waals surface area contributed by atoms with Crippen LogP contribution in [-0.4, -0.2) is 81.2 Å². The Morgan fingerprint density at radius 3 is 1.77 bits per heavy atom. The lowest BCUT2D eigenvalue weighted by Crippen LogP contribution is -2.55. The molecule has 1 unspecified atom stereocenters. The van der Waals surface area contributed by atoms with E-state index < -0.39 is 75.9 Å². The van der Waals surface area contributed by atoms with Crippen molar-refractivity contribution < 1.29 is 66.7 Å². The van der Waals surface area contributed by atoms with E-state index in [-0.39, 0.29) is 13.0 Å². The summed E-state index contributed by atoms with van der Waals surface area (Å²) >= 11 is 0. The molecule has 1 amide bonds. The van der Waals surface area contributed by atoms with Crippen LogP contribution in [-0.2, 0) is 10.0 Å². The summed E-state index contributed by atoms with van der Waals surface area (Å²) in [7, 11) is -2.07. The molecule has 0 aromatic rings. The third-order valence-electron chi connectivity index (χ3n) is 4.36.